The number of benzene rings is 1. The van der Waals surface area contributed by atoms with Crippen molar-refractivity contribution in [3.8, 4) is 0 Å². The van der Waals surface area contributed by atoms with Crippen molar-refractivity contribution in [2.45, 2.75) is 18.9 Å². The number of carbonyl (C=O) groups excluding carboxylic acids is 1. The molecule has 0 saturated carbocycles. The summed E-state index contributed by atoms with van der Waals surface area (Å²) in [7, 11) is 0. The van der Waals surface area contributed by atoms with E-state index in [-0.39, 0.29) is 11.8 Å². The molecule has 1 aromatic carbocycles. The fourth-order valence-electron chi connectivity index (χ4n) is 3.67. The van der Waals surface area contributed by atoms with Crippen LogP contribution in [0.1, 0.15) is 5.56 Å². The van der Waals surface area contributed by atoms with E-state index in [1.807, 2.05) is 59.8 Å². The molecule has 0 aliphatic carbocycles. The second-order valence-corrected chi connectivity index (χ2v) is 7.81. The third-order valence-corrected chi connectivity index (χ3v) is 5.23. The molecule has 2 N–H and O–H groups in total. The van der Waals surface area contributed by atoms with Crippen molar-refractivity contribution in [2.75, 3.05) is 24.5 Å². The van der Waals surface area contributed by atoms with Gasteiger partial charge in [-0.15, -0.1) is 0 Å². The summed E-state index contributed by atoms with van der Waals surface area (Å²) in [5, 5.41) is 14.2. The van der Waals surface area contributed by atoms with Crippen LogP contribution < -0.4 is 4.90 Å². The second-order valence-electron chi connectivity index (χ2n) is 7.81. The lowest BCUT2D eigenvalue weighted by atomic mass is 10.0. The molecule has 14 heteroatoms. The highest BCUT2D eigenvalue weighted by atomic mass is 19.4. The third kappa shape index (κ3) is 8.22. The molecule has 4 rings (SSSR count). The minimum absolute atomic E-state index is 0.155. The second kappa shape index (κ2) is 11.8. The van der Waals surface area contributed by atoms with Crippen molar-refractivity contribution < 1.29 is 50.9 Å². The van der Waals surface area contributed by atoms with Gasteiger partial charge in [0.2, 0.25) is 5.91 Å². The maximum atomic E-state index is 12.7. The van der Waals surface area contributed by atoms with Gasteiger partial charge in [-0.25, -0.2) is 9.59 Å². The Labute approximate surface area is 200 Å². The van der Waals surface area contributed by atoms with Crippen molar-refractivity contribution in [1.29, 1.82) is 0 Å². The Morgan fingerprint density at radius 1 is 0.861 bits per heavy atom. The predicted octanol–water partition coefficient (Wildman–Crippen LogP) is 3.44. The van der Waals surface area contributed by atoms with Crippen LogP contribution >= 0.6 is 0 Å². The first-order valence-corrected chi connectivity index (χ1v) is 10.3. The lowest BCUT2D eigenvalue weighted by Crippen LogP contribution is -2.32. The number of anilines is 1. The van der Waals surface area contributed by atoms with E-state index in [2.05, 4.69) is 9.88 Å². The Balaban J connectivity index is 0.000000271. The highest BCUT2D eigenvalue weighted by Crippen LogP contribution is 2.35. The average Bonchev–Trinajstić information content (AvgIpc) is 3.33. The van der Waals surface area contributed by atoms with Crippen LogP contribution in [-0.2, 0) is 20.9 Å². The molecule has 2 atom stereocenters. The summed E-state index contributed by atoms with van der Waals surface area (Å²) in [6.45, 7) is 3.63. The van der Waals surface area contributed by atoms with Crippen LogP contribution in [0.15, 0.2) is 54.9 Å². The molecule has 0 radical (unpaired) electrons. The number of carbonyl (C=O) groups is 3. The zero-order chi connectivity index (χ0) is 27.1. The minimum Gasteiger partial charge on any atom is -0.475 e. The molecule has 2 aliphatic rings. The maximum Gasteiger partial charge on any atom is 0.490 e. The molecule has 0 spiro atoms. The quantitative estimate of drug-likeness (QED) is 0.596. The van der Waals surface area contributed by atoms with Crippen molar-refractivity contribution in [2.24, 2.45) is 11.8 Å². The topological polar surface area (TPSA) is 111 Å². The van der Waals surface area contributed by atoms with E-state index in [0.717, 1.165) is 31.9 Å². The first kappa shape index (κ1) is 28.6. The van der Waals surface area contributed by atoms with Gasteiger partial charge in [-0.1, -0.05) is 18.2 Å². The number of halogens is 6. The molecule has 1 amide bonds. The van der Waals surface area contributed by atoms with Crippen molar-refractivity contribution in [1.82, 2.24) is 9.88 Å². The Morgan fingerprint density at radius 3 is 1.81 bits per heavy atom. The lowest BCUT2D eigenvalue weighted by molar-refractivity contribution is -0.193. The fourth-order valence-corrected chi connectivity index (χ4v) is 3.67. The number of fused-ring (bicyclic) bond motifs is 1. The van der Waals surface area contributed by atoms with Crippen LogP contribution in [0.4, 0.5) is 32.0 Å². The molecule has 196 valence electrons. The summed E-state index contributed by atoms with van der Waals surface area (Å²) in [4.78, 5) is 38.9. The van der Waals surface area contributed by atoms with Crippen LogP contribution in [0, 0.1) is 11.8 Å². The molecule has 3 heterocycles. The summed E-state index contributed by atoms with van der Waals surface area (Å²) in [6, 6.07) is 14.1. The number of rotatable bonds is 3. The Bertz CT molecular complexity index is 1010. The molecule has 2 fully saturated rings. The Hall–Kier alpha value is -3.68. The molecule has 2 aliphatic heterocycles. The normalized spacial score (nSPS) is 19.5. The van der Waals surface area contributed by atoms with Gasteiger partial charge in [0, 0.05) is 50.2 Å². The molecule has 8 nitrogen and oxygen atoms in total. The number of likely N-dealkylation sites (tertiary alicyclic amines) is 1. The van der Waals surface area contributed by atoms with E-state index in [4.69, 9.17) is 19.8 Å². The summed E-state index contributed by atoms with van der Waals surface area (Å²) in [5.74, 6) is -4.62. The number of para-hydroxylation sites is 1. The minimum atomic E-state index is -5.08. The summed E-state index contributed by atoms with van der Waals surface area (Å²) in [5.41, 5.74) is 2.30. The highest BCUT2D eigenvalue weighted by Gasteiger charge is 2.46. The largest absolute Gasteiger partial charge is 0.490 e. The molecule has 2 aromatic rings. The van der Waals surface area contributed by atoms with E-state index in [9.17, 15) is 31.1 Å². The molecular weight excluding hydrogens is 500 g/mol. The lowest BCUT2D eigenvalue weighted by Gasteiger charge is -2.21. The van der Waals surface area contributed by atoms with Crippen LogP contribution in [0.3, 0.4) is 0 Å². The zero-order valence-electron chi connectivity index (χ0n) is 18.4. The van der Waals surface area contributed by atoms with Gasteiger partial charge >= 0.3 is 24.3 Å². The van der Waals surface area contributed by atoms with E-state index in [1.54, 1.807) is 0 Å². The summed E-state index contributed by atoms with van der Waals surface area (Å²) < 4.78 is 63.5. The van der Waals surface area contributed by atoms with Crippen LogP contribution in [0.25, 0.3) is 0 Å². The van der Waals surface area contributed by atoms with Gasteiger partial charge in [0.05, 0.1) is 5.92 Å². The van der Waals surface area contributed by atoms with Gasteiger partial charge in [-0.05, 0) is 29.8 Å². The first-order valence-electron chi connectivity index (χ1n) is 10.3. The summed E-state index contributed by atoms with van der Waals surface area (Å²) in [6.07, 6.45) is -6.51. The van der Waals surface area contributed by atoms with Gasteiger partial charge in [0.1, 0.15) is 0 Å². The average molecular weight is 521 g/mol. The van der Waals surface area contributed by atoms with E-state index in [1.165, 1.54) is 5.56 Å². The number of hydrogen-bond donors (Lipinski definition) is 2. The Morgan fingerprint density at radius 2 is 1.36 bits per heavy atom. The summed E-state index contributed by atoms with van der Waals surface area (Å²) >= 11 is 0. The smallest absolute Gasteiger partial charge is 0.475 e. The monoisotopic (exact) mass is 521 g/mol. The van der Waals surface area contributed by atoms with Crippen LogP contribution in [0.5, 0.6) is 0 Å². The van der Waals surface area contributed by atoms with Crippen LogP contribution in [-0.4, -0.2) is 69.9 Å². The number of pyridine rings is 1. The van der Waals surface area contributed by atoms with Crippen molar-refractivity contribution >= 4 is 23.5 Å². The molecule has 0 bridgehead atoms. The number of alkyl halides is 6. The van der Waals surface area contributed by atoms with Crippen LogP contribution in [0.2, 0.25) is 0 Å². The highest BCUT2D eigenvalue weighted by molar-refractivity contribution is 5.98. The van der Waals surface area contributed by atoms with Gasteiger partial charge in [-0.2, -0.15) is 26.3 Å². The molecule has 36 heavy (non-hydrogen) atoms. The number of carboxylic acids is 2. The zero-order valence-corrected chi connectivity index (χ0v) is 18.4. The number of hydrogen-bond acceptors (Lipinski definition) is 5. The van der Waals surface area contributed by atoms with E-state index >= 15 is 0 Å². The van der Waals surface area contributed by atoms with Gasteiger partial charge < -0.3 is 15.1 Å². The van der Waals surface area contributed by atoms with Gasteiger partial charge in [0.15, 0.2) is 0 Å². The number of aliphatic carboxylic acids is 2. The number of aromatic nitrogens is 1. The molecule has 2 saturated heterocycles. The number of amides is 1. The standard InChI is InChI=1S/C18H19N3O.2C2HF3O2/c22-18-17-13-20(10-14-6-8-19-9-7-14)11-15(17)12-21(18)16-4-2-1-3-5-16;2*3-2(4,5)1(6)7/h1-9,15,17H,10-13H2;2*(H,6,7)/t15-,17-;;/m0../s1. The van der Waals surface area contributed by atoms with E-state index in [0.29, 0.717) is 5.92 Å². The van der Waals surface area contributed by atoms with Crippen molar-refractivity contribution in [3.63, 3.8) is 0 Å². The first-order chi connectivity index (χ1) is 16.7. The SMILES string of the molecule is O=C(O)C(F)(F)F.O=C(O)C(F)(F)F.O=C1[C@H]2CN(Cc3ccncc3)C[C@H]2CN1c1ccccc1. The number of carboxylic acid groups (broad SMARTS) is 2. The molecular formula is C22H21F6N3O5. The van der Waals surface area contributed by atoms with E-state index < -0.39 is 24.3 Å². The Kier molecular flexibility index (Phi) is 9.39. The van der Waals surface area contributed by atoms with Gasteiger partial charge in [0.25, 0.3) is 0 Å². The van der Waals surface area contributed by atoms with Gasteiger partial charge in [-0.3, -0.25) is 14.7 Å². The maximum absolute atomic E-state index is 12.7. The van der Waals surface area contributed by atoms with Crippen molar-refractivity contribution in [3.05, 3.63) is 60.4 Å². The fraction of sp³-hybridized carbons (Fsp3) is 0.364. The predicted molar refractivity (Wildman–Crippen MR) is 113 cm³/mol. The molecule has 1 aromatic heterocycles. The third-order valence-electron chi connectivity index (χ3n) is 5.23. The number of nitrogens with zero attached hydrogens (tertiary/aromatic N) is 3. The molecule has 0 unspecified atom stereocenters.